The Kier molecular flexibility index (Phi) is 6.30. The zero-order chi connectivity index (χ0) is 24.1. The number of anilines is 2. The number of rotatable bonds is 6. The van der Waals surface area contributed by atoms with Gasteiger partial charge in [0.25, 0.3) is 0 Å². The van der Waals surface area contributed by atoms with Crippen molar-refractivity contribution in [2.24, 2.45) is 7.05 Å². The van der Waals surface area contributed by atoms with Gasteiger partial charge in [-0.2, -0.15) is 10.1 Å². The second kappa shape index (κ2) is 9.48. The van der Waals surface area contributed by atoms with E-state index in [9.17, 15) is 18.0 Å². The molecule has 2 N–H and O–H groups in total. The van der Waals surface area contributed by atoms with E-state index >= 15 is 0 Å². The van der Waals surface area contributed by atoms with E-state index in [0.717, 1.165) is 17.7 Å². The molecule has 2 aromatic carbocycles. The molecule has 0 radical (unpaired) electrons. The van der Waals surface area contributed by atoms with Crippen LogP contribution in [-0.2, 0) is 7.05 Å². The van der Waals surface area contributed by atoms with Gasteiger partial charge in [-0.15, -0.1) is 13.2 Å². The van der Waals surface area contributed by atoms with Crippen LogP contribution in [0, 0.1) is 0 Å². The van der Waals surface area contributed by atoms with Gasteiger partial charge in [0, 0.05) is 42.9 Å². The largest absolute Gasteiger partial charge is 0.573 e. The molecular formula is C22H17F3N6O3. The topological polar surface area (TPSA) is 103 Å². The summed E-state index contributed by atoms with van der Waals surface area (Å²) in [5.41, 5.74) is 1.44. The molecule has 0 saturated carbocycles. The minimum absolute atomic E-state index is 0.281. The number of halogens is 3. The second-order valence-electron chi connectivity index (χ2n) is 6.90. The fourth-order valence-electron chi connectivity index (χ4n) is 2.87. The van der Waals surface area contributed by atoms with Crippen molar-refractivity contribution in [3.8, 4) is 28.8 Å². The molecule has 0 aliphatic heterocycles. The maximum Gasteiger partial charge on any atom is 0.573 e. The molecule has 4 rings (SSSR count). The summed E-state index contributed by atoms with van der Waals surface area (Å²) in [6, 6.07) is 12.4. The van der Waals surface area contributed by atoms with E-state index in [-0.39, 0.29) is 11.4 Å². The highest BCUT2D eigenvalue weighted by Crippen LogP contribution is 2.26. The third kappa shape index (κ3) is 6.22. The number of nitrogens with one attached hydrogen (secondary N) is 2. The van der Waals surface area contributed by atoms with Crippen LogP contribution in [0.2, 0.25) is 0 Å². The Balaban J connectivity index is 1.38. The van der Waals surface area contributed by atoms with Gasteiger partial charge < -0.3 is 20.1 Å². The van der Waals surface area contributed by atoms with Gasteiger partial charge in [-0.05, 0) is 36.4 Å². The first-order valence-electron chi connectivity index (χ1n) is 9.77. The Bertz CT molecular complexity index is 1290. The number of urea groups is 1. The Labute approximate surface area is 191 Å². The number of hydrogen-bond donors (Lipinski definition) is 2. The summed E-state index contributed by atoms with van der Waals surface area (Å²) in [5.74, 6) is 0.782. The molecule has 2 heterocycles. The van der Waals surface area contributed by atoms with Crippen molar-refractivity contribution < 1.29 is 27.4 Å². The third-order valence-corrected chi connectivity index (χ3v) is 4.25. The van der Waals surface area contributed by atoms with E-state index < -0.39 is 12.4 Å². The highest BCUT2D eigenvalue weighted by Gasteiger charge is 2.30. The summed E-state index contributed by atoms with van der Waals surface area (Å²) in [6.45, 7) is 0. The molecule has 2 amide bonds. The van der Waals surface area contributed by atoms with E-state index in [1.165, 1.54) is 12.1 Å². The minimum Gasteiger partial charge on any atom is -0.439 e. The molecule has 34 heavy (non-hydrogen) atoms. The molecule has 2 aromatic heterocycles. The van der Waals surface area contributed by atoms with Crippen molar-refractivity contribution >= 4 is 17.4 Å². The summed E-state index contributed by atoms with van der Waals surface area (Å²) >= 11 is 0. The second-order valence-corrected chi connectivity index (χ2v) is 6.90. The Hall–Kier alpha value is -4.61. The van der Waals surface area contributed by atoms with E-state index in [1.807, 2.05) is 0 Å². The van der Waals surface area contributed by atoms with Gasteiger partial charge in [0.2, 0.25) is 5.88 Å². The molecule has 174 valence electrons. The quantitative estimate of drug-likeness (QED) is 0.401. The van der Waals surface area contributed by atoms with E-state index in [1.54, 1.807) is 60.7 Å². The molecule has 0 fully saturated rings. The molecule has 0 atom stereocenters. The molecule has 0 bridgehead atoms. The maximum atomic E-state index is 12.3. The number of ether oxygens (including phenoxy) is 2. The standard InChI is InChI=1S/C22H17F3N6O3/c1-31-13-14(12-27-31)20-26-10-9-19(30-20)33-18-4-2-3-16(11-18)29-21(32)28-15-5-7-17(8-6-15)34-22(23,24)25/h2-13H,1H3,(H2,28,29,32). The van der Waals surface area contributed by atoms with Gasteiger partial charge in [0.05, 0.1) is 11.8 Å². The van der Waals surface area contributed by atoms with E-state index in [2.05, 4.69) is 30.4 Å². The van der Waals surface area contributed by atoms with Crippen LogP contribution >= 0.6 is 0 Å². The molecule has 4 aromatic rings. The lowest BCUT2D eigenvalue weighted by Crippen LogP contribution is -2.19. The van der Waals surface area contributed by atoms with Crippen molar-refractivity contribution in [3.05, 3.63) is 73.2 Å². The lowest BCUT2D eigenvalue weighted by molar-refractivity contribution is -0.274. The van der Waals surface area contributed by atoms with Crippen LogP contribution in [0.15, 0.2) is 73.2 Å². The molecule has 0 saturated heterocycles. The lowest BCUT2D eigenvalue weighted by Gasteiger charge is -2.11. The molecule has 0 unspecified atom stereocenters. The van der Waals surface area contributed by atoms with Crippen LogP contribution in [-0.4, -0.2) is 32.1 Å². The number of benzene rings is 2. The fourth-order valence-corrected chi connectivity index (χ4v) is 2.87. The van der Waals surface area contributed by atoms with Crippen molar-refractivity contribution in [2.45, 2.75) is 6.36 Å². The maximum absolute atomic E-state index is 12.3. The molecule has 12 heteroatoms. The Morgan fingerprint density at radius 3 is 2.47 bits per heavy atom. The number of alkyl halides is 3. The zero-order valence-electron chi connectivity index (χ0n) is 17.6. The lowest BCUT2D eigenvalue weighted by atomic mass is 10.3. The van der Waals surface area contributed by atoms with Gasteiger partial charge in [-0.25, -0.2) is 9.78 Å². The smallest absolute Gasteiger partial charge is 0.439 e. The minimum atomic E-state index is -4.79. The molecule has 0 aliphatic rings. The Morgan fingerprint density at radius 2 is 1.76 bits per heavy atom. The first kappa shape index (κ1) is 22.6. The predicted octanol–water partition coefficient (Wildman–Crippen LogP) is 5.21. The van der Waals surface area contributed by atoms with E-state index in [0.29, 0.717) is 23.1 Å². The van der Waals surface area contributed by atoms with Crippen LogP contribution < -0.4 is 20.1 Å². The third-order valence-electron chi connectivity index (χ3n) is 4.25. The Morgan fingerprint density at radius 1 is 1.00 bits per heavy atom. The van der Waals surface area contributed by atoms with Crippen LogP contribution in [0.5, 0.6) is 17.4 Å². The SMILES string of the molecule is Cn1cc(-c2nccc(Oc3cccc(NC(=O)Nc4ccc(OC(F)(F)F)cc4)c3)n2)cn1. The van der Waals surface area contributed by atoms with Gasteiger partial charge in [0.1, 0.15) is 11.5 Å². The average molecular weight is 470 g/mol. The number of hydrogen-bond acceptors (Lipinski definition) is 6. The van der Waals surface area contributed by atoms with Crippen LogP contribution in [0.25, 0.3) is 11.4 Å². The first-order chi connectivity index (χ1) is 16.2. The van der Waals surface area contributed by atoms with Gasteiger partial charge in [-0.1, -0.05) is 6.07 Å². The summed E-state index contributed by atoms with van der Waals surface area (Å²) in [7, 11) is 1.79. The number of aromatic nitrogens is 4. The number of carbonyl (C=O) groups is 1. The number of nitrogens with zero attached hydrogens (tertiary/aromatic N) is 4. The summed E-state index contributed by atoms with van der Waals surface area (Å²) in [6.07, 6.45) is 0.190. The summed E-state index contributed by atoms with van der Waals surface area (Å²) < 4.78 is 47.9. The summed E-state index contributed by atoms with van der Waals surface area (Å²) in [4.78, 5) is 20.8. The molecule has 9 nitrogen and oxygen atoms in total. The van der Waals surface area contributed by atoms with Crippen molar-refractivity contribution in [2.75, 3.05) is 10.6 Å². The monoisotopic (exact) mass is 470 g/mol. The first-order valence-corrected chi connectivity index (χ1v) is 9.77. The number of carbonyl (C=O) groups excluding carboxylic acids is 1. The number of amides is 2. The highest BCUT2D eigenvalue weighted by atomic mass is 19.4. The molecular weight excluding hydrogens is 453 g/mol. The predicted molar refractivity (Wildman–Crippen MR) is 117 cm³/mol. The summed E-state index contributed by atoms with van der Waals surface area (Å²) in [5, 5.41) is 9.24. The van der Waals surface area contributed by atoms with Crippen LogP contribution in [0.3, 0.4) is 0 Å². The van der Waals surface area contributed by atoms with Crippen molar-refractivity contribution in [1.29, 1.82) is 0 Å². The normalized spacial score (nSPS) is 11.1. The van der Waals surface area contributed by atoms with Crippen LogP contribution in [0.4, 0.5) is 29.3 Å². The zero-order valence-corrected chi connectivity index (χ0v) is 17.6. The van der Waals surface area contributed by atoms with Crippen molar-refractivity contribution in [1.82, 2.24) is 19.7 Å². The van der Waals surface area contributed by atoms with E-state index in [4.69, 9.17) is 4.74 Å². The molecule has 0 spiro atoms. The van der Waals surface area contributed by atoms with Gasteiger partial charge in [-0.3, -0.25) is 4.68 Å². The van der Waals surface area contributed by atoms with Gasteiger partial charge >= 0.3 is 12.4 Å². The highest BCUT2D eigenvalue weighted by molar-refractivity contribution is 5.99. The fraction of sp³-hybridized carbons (Fsp3) is 0.0909. The van der Waals surface area contributed by atoms with Crippen molar-refractivity contribution in [3.63, 3.8) is 0 Å². The van der Waals surface area contributed by atoms with Crippen LogP contribution in [0.1, 0.15) is 0 Å². The van der Waals surface area contributed by atoms with Gasteiger partial charge in [0.15, 0.2) is 5.82 Å². The average Bonchev–Trinajstić information content (AvgIpc) is 3.21. The number of aryl methyl sites for hydroxylation is 1. The molecule has 0 aliphatic carbocycles.